The predicted octanol–water partition coefficient (Wildman–Crippen LogP) is 1.93. The van der Waals surface area contributed by atoms with Crippen molar-refractivity contribution in [1.29, 1.82) is 5.26 Å². The number of rotatable bonds is 7. The molecule has 3 aromatic heterocycles. The van der Waals surface area contributed by atoms with Gasteiger partial charge in [0.1, 0.15) is 23.3 Å². The molecule has 168 valence electrons. The average Bonchev–Trinajstić information content (AvgIpc) is 3.16. The van der Waals surface area contributed by atoms with Gasteiger partial charge >= 0.3 is 5.76 Å². The summed E-state index contributed by atoms with van der Waals surface area (Å²) in [5.74, 6) is 0.161. The minimum absolute atomic E-state index is 0.161. The van der Waals surface area contributed by atoms with Crippen LogP contribution in [-0.2, 0) is 16.6 Å². The van der Waals surface area contributed by atoms with Crippen molar-refractivity contribution in [3.8, 4) is 6.07 Å². The van der Waals surface area contributed by atoms with Gasteiger partial charge in [-0.3, -0.25) is 9.29 Å². The van der Waals surface area contributed by atoms with Crippen molar-refractivity contribution < 1.29 is 12.8 Å². The standard InChI is InChI=1S/C20H18N8O4S/c1-28(33(2,30)31)18-12(4-3-7-22-18)10-23-17-13(9-21)11-24-19(27-17)25-14-5-6-15-16(8-14)32-20(29)26-15/h3-8,11H,10H2,1-2H3,(H,26,29)(H2,23,24,25,27). The van der Waals surface area contributed by atoms with Crippen LogP contribution in [0.5, 0.6) is 0 Å². The van der Waals surface area contributed by atoms with Crippen LogP contribution in [0.25, 0.3) is 11.1 Å². The summed E-state index contributed by atoms with van der Waals surface area (Å²) in [5, 5.41) is 15.5. The van der Waals surface area contributed by atoms with Gasteiger partial charge in [0.25, 0.3) is 0 Å². The van der Waals surface area contributed by atoms with Crippen LogP contribution in [0.4, 0.5) is 23.3 Å². The second-order valence-corrected chi connectivity index (χ2v) is 9.00. The number of oxazole rings is 1. The summed E-state index contributed by atoms with van der Waals surface area (Å²) < 4.78 is 30.0. The highest BCUT2D eigenvalue weighted by Crippen LogP contribution is 2.23. The second-order valence-electron chi connectivity index (χ2n) is 6.99. The van der Waals surface area contributed by atoms with E-state index in [1.807, 2.05) is 6.07 Å². The first kappa shape index (κ1) is 21.8. The Kier molecular flexibility index (Phi) is 5.67. The molecular formula is C20H18N8O4S. The summed E-state index contributed by atoms with van der Waals surface area (Å²) in [7, 11) is -2.09. The predicted molar refractivity (Wildman–Crippen MR) is 122 cm³/mol. The average molecular weight is 466 g/mol. The van der Waals surface area contributed by atoms with Crippen LogP contribution in [0.2, 0.25) is 0 Å². The molecule has 0 amide bonds. The molecule has 12 nitrogen and oxygen atoms in total. The lowest BCUT2D eigenvalue weighted by molar-refractivity contribution is 0.555. The lowest BCUT2D eigenvalue weighted by Gasteiger charge is -2.19. The van der Waals surface area contributed by atoms with Gasteiger partial charge in [0, 0.05) is 37.1 Å². The maximum absolute atomic E-state index is 11.9. The molecule has 13 heteroatoms. The number of aromatic nitrogens is 4. The number of fused-ring (bicyclic) bond motifs is 1. The van der Waals surface area contributed by atoms with E-state index >= 15 is 0 Å². The lowest BCUT2D eigenvalue weighted by Crippen LogP contribution is -2.27. The van der Waals surface area contributed by atoms with Crippen molar-refractivity contribution in [1.82, 2.24) is 19.9 Å². The van der Waals surface area contributed by atoms with Crippen molar-refractivity contribution in [3.63, 3.8) is 0 Å². The largest absolute Gasteiger partial charge is 0.417 e. The monoisotopic (exact) mass is 466 g/mol. The molecule has 0 fully saturated rings. The second kappa shape index (κ2) is 8.60. The molecule has 0 aliphatic heterocycles. The molecule has 0 spiro atoms. The molecule has 0 saturated carbocycles. The number of nitriles is 1. The van der Waals surface area contributed by atoms with Crippen LogP contribution in [-0.4, -0.2) is 41.7 Å². The highest BCUT2D eigenvalue weighted by molar-refractivity contribution is 7.92. The minimum Gasteiger partial charge on any atom is -0.408 e. The molecule has 0 saturated heterocycles. The van der Waals surface area contributed by atoms with Crippen molar-refractivity contribution in [2.45, 2.75) is 6.54 Å². The summed E-state index contributed by atoms with van der Waals surface area (Å²) in [6, 6.07) is 10.4. The third kappa shape index (κ3) is 4.75. The first-order valence-electron chi connectivity index (χ1n) is 9.53. The summed E-state index contributed by atoms with van der Waals surface area (Å²) in [5.41, 5.74) is 2.30. The number of hydrogen-bond acceptors (Lipinski definition) is 10. The highest BCUT2D eigenvalue weighted by Gasteiger charge is 2.17. The van der Waals surface area contributed by atoms with E-state index in [0.717, 1.165) is 10.6 Å². The molecule has 0 aliphatic carbocycles. The van der Waals surface area contributed by atoms with Crippen LogP contribution >= 0.6 is 0 Å². The van der Waals surface area contributed by atoms with E-state index in [0.29, 0.717) is 22.4 Å². The third-order valence-corrected chi connectivity index (χ3v) is 5.86. The number of nitrogens with one attached hydrogen (secondary N) is 3. The molecule has 3 heterocycles. The molecule has 0 unspecified atom stereocenters. The fourth-order valence-corrected chi connectivity index (χ4v) is 3.48. The molecule has 33 heavy (non-hydrogen) atoms. The Balaban J connectivity index is 1.58. The molecule has 4 rings (SSSR count). The molecule has 1 aromatic carbocycles. The van der Waals surface area contributed by atoms with E-state index in [2.05, 4.69) is 30.6 Å². The Hall–Kier alpha value is -4.44. The number of anilines is 4. The summed E-state index contributed by atoms with van der Waals surface area (Å²) in [6.45, 7) is 0.161. The van der Waals surface area contributed by atoms with Crippen LogP contribution in [0.3, 0.4) is 0 Å². The summed E-state index contributed by atoms with van der Waals surface area (Å²) in [6.07, 6.45) is 3.95. The van der Waals surface area contributed by atoms with Gasteiger partial charge in [-0.25, -0.2) is 23.2 Å². The van der Waals surface area contributed by atoms with E-state index in [-0.39, 0.29) is 29.7 Å². The molecular weight excluding hydrogens is 448 g/mol. The van der Waals surface area contributed by atoms with Gasteiger partial charge in [0.15, 0.2) is 5.58 Å². The number of pyridine rings is 1. The number of benzene rings is 1. The maximum atomic E-state index is 11.9. The smallest absolute Gasteiger partial charge is 0.408 e. The Morgan fingerprint density at radius 2 is 2.09 bits per heavy atom. The van der Waals surface area contributed by atoms with Gasteiger partial charge < -0.3 is 15.1 Å². The normalized spacial score (nSPS) is 11.2. The van der Waals surface area contributed by atoms with Gasteiger partial charge in [-0.2, -0.15) is 10.2 Å². The van der Waals surface area contributed by atoms with E-state index in [9.17, 15) is 18.5 Å². The number of hydrogen-bond donors (Lipinski definition) is 3. The Morgan fingerprint density at radius 1 is 1.27 bits per heavy atom. The van der Waals surface area contributed by atoms with Crippen LogP contribution in [0.15, 0.2) is 51.9 Å². The first-order valence-corrected chi connectivity index (χ1v) is 11.4. The van der Waals surface area contributed by atoms with Crippen molar-refractivity contribution in [2.75, 3.05) is 28.2 Å². The molecule has 3 N–H and O–H groups in total. The number of H-pyrrole nitrogens is 1. The maximum Gasteiger partial charge on any atom is 0.417 e. The van der Waals surface area contributed by atoms with Gasteiger partial charge in [-0.1, -0.05) is 6.07 Å². The van der Waals surface area contributed by atoms with Gasteiger partial charge in [-0.05, 0) is 18.2 Å². The first-order chi connectivity index (χ1) is 15.7. The quantitative estimate of drug-likeness (QED) is 0.365. The van der Waals surface area contributed by atoms with Crippen molar-refractivity contribution in [3.05, 3.63) is 64.4 Å². The lowest BCUT2D eigenvalue weighted by atomic mass is 10.2. The molecule has 4 aromatic rings. The minimum atomic E-state index is -3.50. The molecule has 0 bridgehead atoms. The van der Waals surface area contributed by atoms with E-state index < -0.39 is 15.8 Å². The van der Waals surface area contributed by atoms with Crippen molar-refractivity contribution in [2.24, 2.45) is 0 Å². The Labute approximate surface area is 188 Å². The zero-order valence-electron chi connectivity index (χ0n) is 17.5. The van der Waals surface area contributed by atoms with E-state index in [4.69, 9.17) is 4.42 Å². The van der Waals surface area contributed by atoms with Gasteiger partial charge in [0.05, 0.1) is 18.0 Å². The SMILES string of the molecule is CN(c1ncccc1CNc1nc(Nc2ccc3[nH]c(=O)oc3c2)ncc1C#N)S(C)(=O)=O. The van der Waals surface area contributed by atoms with Crippen LogP contribution < -0.4 is 20.7 Å². The molecule has 0 atom stereocenters. The number of nitrogens with zero attached hydrogens (tertiary/aromatic N) is 5. The Bertz CT molecular complexity index is 1540. The zero-order chi connectivity index (χ0) is 23.6. The van der Waals surface area contributed by atoms with Crippen LogP contribution in [0.1, 0.15) is 11.1 Å². The van der Waals surface area contributed by atoms with Crippen molar-refractivity contribution >= 4 is 44.4 Å². The topological polar surface area (TPSA) is 170 Å². The van der Waals surface area contributed by atoms with Gasteiger partial charge in [0.2, 0.25) is 16.0 Å². The molecule has 0 aliphatic rings. The fourth-order valence-electron chi connectivity index (χ4n) is 3.00. The number of aromatic amines is 1. The Morgan fingerprint density at radius 3 is 2.85 bits per heavy atom. The summed E-state index contributed by atoms with van der Waals surface area (Å²) >= 11 is 0. The highest BCUT2D eigenvalue weighted by atomic mass is 32.2. The van der Waals surface area contributed by atoms with Crippen LogP contribution in [0, 0.1) is 11.3 Å². The number of sulfonamides is 1. The third-order valence-electron chi connectivity index (χ3n) is 4.70. The fraction of sp³-hybridized carbons (Fsp3) is 0.150. The summed E-state index contributed by atoms with van der Waals surface area (Å²) in [4.78, 5) is 26.5. The van der Waals surface area contributed by atoms with E-state index in [1.54, 1.807) is 30.3 Å². The molecule has 0 radical (unpaired) electrons. The zero-order valence-corrected chi connectivity index (χ0v) is 18.3. The van der Waals surface area contributed by atoms with Gasteiger partial charge in [-0.15, -0.1) is 0 Å². The van der Waals surface area contributed by atoms with E-state index in [1.165, 1.54) is 19.4 Å².